The predicted octanol–water partition coefficient (Wildman–Crippen LogP) is 4.07. The number of carboxylic acid groups (broad SMARTS) is 1. The van der Waals surface area contributed by atoms with E-state index in [1.165, 1.54) is 12.1 Å². The van der Waals surface area contributed by atoms with Crippen molar-refractivity contribution in [2.75, 3.05) is 0 Å². The summed E-state index contributed by atoms with van der Waals surface area (Å²) >= 11 is 0. The van der Waals surface area contributed by atoms with Crippen molar-refractivity contribution in [2.45, 2.75) is 37.8 Å². The number of nitrogens with zero attached hydrogens (tertiary/aromatic N) is 1. The highest BCUT2D eigenvalue weighted by atomic mass is 19.1. The summed E-state index contributed by atoms with van der Waals surface area (Å²) in [6, 6.07) is 6.41. The molecule has 1 atom stereocenters. The van der Waals surface area contributed by atoms with Gasteiger partial charge >= 0.3 is 5.97 Å². The number of hydrogen-bond acceptors (Lipinski definition) is 2. The molecule has 0 aliphatic heterocycles. The van der Waals surface area contributed by atoms with E-state index in [1.807, 2.05) is 6.07 Å². The number of benzene rings is 1. The zero-order valence-corrected chi connectivity index (χ0v) is 12.0. The Morgan fingerprint density at radius 3 is 2.64 bits per heavy atom. The third-order valence-electron chi connectivity index (χ3n) is 4.60. The highest BCUT2D eigenvalue weighted by molar-refractivity contribution is 5.82. The van der Waals surface area contributed by atoms with Gasteiger partial charge in [0.1, 0.15) is 5.82 Å². The van der Waals surface area contributed by atoms with Gasteiger partial charge in [0.15, 0.2) is 6.17 Å². The van der Waals surface area contributed by atoms with Crippen molar-refractivity contribution < 1.29 is 18.7 Å². The van der Waals surface area contributed by atoms with Crippen LogP contribution in [0.5, 0.6) is 0 Å². The molecule has 1 unspecified atom stereocenters. The number of pyridine rings is 1. The highest BCUT2D eigenvalue weighted by Crippen LogP contribution is 2.40. The number of hydrogen-bond donors (Lipinski definition) is 1. The number of carboxylic acids is 1. The molecule has 22 heavy (non-hydrogen) atoms. The Morgan fingerprint density at radius 2 is 1.95 bits per heavy atom. The molecule has 1 N–H and O–H groups in total. The molecular formula is C17H17F2NO2. The molecule has 116 valence electrons. The molecule has 0 amide bonds. The fraction of sp³-hybridized carbons (Fsp3) is 0.412. The van der Waals surface area contributed by atoms with E-state index < -0.39 is 18.1 Å². The molecule has 0 spiro atoms. The first kappa shape index (κ1) is 14.9. The lowest BCUT2D eigenvalue weighted by Gasteiger charge is -2.29. The van der Waals surface area contributed by atoms with Gasteiger partial charge in [-0.3, -0.25) is 4.98 Å². The number of halogens is 2. The molecule has 1 aromatic carbocycles. The van der Waals surface area contributed by atoms with Crippen LogP contribution in [0.15, 0.2) is 30.5 Å². The minimum Gasteiger partial charge on any atom is -0.479 e. The summed E-state index contributed by atoms with van der Waals surface area (Å²) in [5.74, 6) is -1.90. The van der Waals surface area contributed by atoms with Gasteiger partial charge in [-0.15, -0.1) is 0 Å². The fourth-order valence-corrected chi connectivity index (χ4v) is 3.42. The van der Waals surface area contributed by atoms with E-state index in [-0.39, 0.29) is 11.7 Å². The summed E-state index contributed by atoms with van der Waals surface area (Å²) < 4.78 is 27.1. The Hall–Kier alpha value is -2.04. The number of fused-ring (bicyclic) bond motifs is 1. The topological polar surface area (TPSA) is 50.2 Å². The lowest BCUT2D eigenvalue weighted by molar-refractivity contribution is -0.145. The van der Waals surface area contributed by atoms with Crippen LogP contribution >= 0.6 is 0 Å². The van der Waals surface area contributed by atoms with E-state index in [1.54, 1.807) is 12.3 Å². The molecule has 1 aliphatic rings. The van der Waals surface area contributed by atoms with E-state index in [4.69, 9.17) is 5.11 Å². The van der Waals surface area contributed by atoms with Crippen LogP contribution in [-0.4, -0.2) is 22.2 Å². The summed E-state index contributed by atoms with van der Waals surface area (Å²) in [6.07, 6.45) is 2.43. The molecular weight excluding hydrogens is 288 g/mol. The van der Waals surface area contributed by atoms with Gasteiger partial charge in [0.2, 0.25) is 0 Å². The predicted molar refractivity (Wildman–Crippen MR) is 78.9 cm³/mol. The Kier molecular flexibility index (Phi) is 4.05. The smallest absolute Gasteiger partial charge is 0.338 e. The summed E-state index contributed by atoms with van der Waals surface area (Å²) in [7, 11) is 0. The lowest BCUT2D eigenvalue weighted by Crippen LogP contribution is -2.28. The largest absolute Gasteiger partial charge is 0.479 e. The molecule has 0 radical (unpaired) electrons. The lowest BCUT2D eigenvalue weighted by atomic mass is 9.76. The van der Waals surface area contributed by atoms with Gasteiger partial charge in [0.05, 0.1) is 5.52 Å². The second kappa shape index (κ2) is 5.99. The van der Waals surface area contributed by atoms with E-state index >= 15 is 0 Å². The summed E-state index contributed by atoms with van der Waals surface area (Å²) in [4.78, 5) is 15.0. The van der Waals surface area contributed by atoms with Gasteiger partial charge in [-0.1, -0.05) is 0 Å². The van der Waals surface area contributed by atoms with Crippen molar-refractivity contribution in [3.63, 3.8) is 0 Å². The van der Waals surface area contributed by atoms with Crippen molar-refractivity contribution in [3.05, 3.63) is 41.8 Å². The monoisotopic (exact) mass is 305 g/mol. The minimum atomic E-state index is -1.78. The molecule has 1 saturated carbocycles. The molecule has 2 aromatic rings. The van der Waals surface area contributed by atoms with Gasteiger partial charge in [-0.05, 0) is 61.4 Å². The van der Waals surface area contributed by atoms with Crippen LogP contribution in [0.3, 0.4) is 0 Å². The molecule has 0 saturated heterocycles. The second-order valence-electron chi connectivity index (χ2n) is 5.91. The van der Waals surface area contributed by atoms with Gasteiger partial charge in [0.25, 0.3) is 0 Å². The second-order valence-corrected chi connectivity index (χ2v) is 5.91. The first-order chi connectivity index (χ1) is 10.6. The van der Waals surface area contributed by atoms with Crippen LogP contribution in [0.1, 0.15) is 37.2 Å². The first-order valence-electron chi connectivity index (χ1n) is 7.47. The van der Waals surface area contributed by atoms with Crippen molar-refractivity contribution >= 4 is 16.9 Å². The van der Waals surface area contributed by atoms with Crippen molar-refractivity contribution in [3.8, 4) is 0 Å². The van der Waals surface area contributed by atoms with E-state index in [2.05, 4.69) is 4.98 Å². The highest BCUT2D eigenvalue weighted by Gasteiger charge is 2.32. The van der Waals surface area contributed by atoms with Gasteiger partial charge in [-0.2, -0.15) is 0 Å². The van der Waals surface area contributed by atoms with Gasteiger partial charge in [0, 0.05) is 17.5 Å². The van der Waals surface area contributed by atoms with Crippen LogP contribution in [0.25, 0.3) is 10.9 Å². The maximum atomic E-state index is 13.6. The third-order valence-corrected chi connectivity index (χ3v) is 4.60. The molecule has 0 bridgehead atoms. The van der Waals surface area contributed by atoms with Crippen molar-refractivity contribution in [2.24, 2.45) is 5.92 Å². The van der Waals surface area contributed by atoms with Crippen LogP contribution in [0.2, 0.25) is 0 Å². The Balaban J connectivity index is 1.82. The zero-order chi connectivity index (χ0) is 15.7. The average molecular weight is 305 g/mol. The fourth-order valence-electron chi connectivity index (χ4n) is 3.42. The quantitative estimate of drug-likeness (QED) is 0.930. The minimum absolute atomic E-state index is 0.199. The molecule has 3 rings (SSSR count). The van der Waals surface area contributed by atoms with Gasteiger partial charge in [-0.25, -0.2) is 13.6 Å². The molecule has 5 heteroatoms. The standard InChI is InChI=1S/C17H17F2NO2/c18-12-5-6-15-14(9-12)13(7-8-20-15)10-1-3-11(4-2-10)16(19)17(21)22/h5-11,16H,1-4H2,(H,21,22). The maximum absolute atomic E-state index is 13.6. The van der Waals surface area contributed by atoms with E-state index in [9.17, 15) is 13.6 Å². The number of alkyl halides is 1. The number of aliphatic carboxylic acids is 1. The average Bonchev–Trinajstić information content (AvgIpc) is 2.53. The Labute approximate surface area is 127 Å². The molecule has 1 aliphatic carbocycles. The molecule has 1 fully saturated rings. The Bertz CT molecular complexity index is 696. The summed E-state index contributed by atoms with van der Waals surface area (Å²) in [5.41, 5.74) is 1.77. The zero-order valence-electron chi connectivity index (χ0n) is 12.0. The van der Waals surface area contributed by atoms with E-state index in [0.29, 0.717) is 25.7 Å². The maximum Gasteiger partial charge on any atom is 0.338 e. The molecule has 1 heterocycles. The Morgan fingerprint density at radius 1 is 1.23 bits per heavy atom. The summed E-state index contributed by atoms with van der Waals surface area (Å²) in [6.45, 7) is 0. The van der Waals surface area contributed by atoms with E-state index in [0.717, 1.165) is 16.5 Å². The van der Waals surface area contributed by atoms with Crippen molar-refractivity contribution in [1.29, 1.82) is 0 Å². The van der Waals surface area contributed by atoms with Crippen LogP contribution in [-0.2, 0) is 4.79 Å². The van der Waals surface area contributed by atoms with Crippen LogP contribution in [0.4, 0.5) is 8.78 Å². The number of carbonyl (C=O) groups is 1. The first-order valence-corrected chi connectivity index (χ1v) is 7.47. The normalized spacial score (nSPS) is 23.4. The SMILES string of the molecule is O=C(O)C(F)C1CCC(c2ccnc3ccc(F)cc23)CC1. The molecule has 3 nitrogen and oxygen atoms in total. The number of aromatic nitrogens is 1. The van der Waals surface area contributed by atoms with Crippen LogP contribution < -0.4 is 0 Å². The third kappa shape index (κ3) is 2.80. The van der Waals surface area contributed by atoms with Gasteiger partial charge < -0.3 is 5.11 Å². The molecule has 1 aromatic heterocycles. The summed E-state index contributed by atoms with van der Waals surface area (Å²) in [5, 5.41) is 9.56. The number of rotatable bonds is 3. The van der Waals surface area contributed by atoms with Crippen molar-refractivity contribution in [1.82, 2.24) is 4.98 Å². The van der Waals surface area contributed by atoms with Crippen LogP contribution in [0, 0.1) is 11.7 Å².